The van der Waals surface area contributed by atoms with Crippen molar-refractivity contribution in [2.24, 2.45) is 11.3 Å². The lowest BCUT2D eigenvalue weighted by atomic mass is 9.77. The molecule has 0 unspecified atom stereocenters. The summed E-state index contributed by atoms with van der Waals surface area (Å²) in [5, 5.41) is 3.80. The van der Waals surface area contributed by atoms with Crippen molar-refractivity contribution in [2.45, 2.75) is 38.0 Å². The van der Waals surface area contributed by atoms with E-state index in [1.807, 2.05) is 16.8 Å². The van der Waals surface area contributed by atoms with E-state index in [9.17, 15) is 35.9 Å². The summed E-state index contributed by atoms with van der Waals surface area (Å²) in [5.41, 5.74) is 0.558. The van der Waals surface area contributed by atoms with E-state index in [0.29, 0.717) is 32.4 Å². The monoisotopic (exact) mass is 468 g/mol. The van der Waals surface area contributed by atoms with Crippen LogP contribution in [0.5, 0.6) is 0 Å². The van der Waals surface area contributed by atoms with Crippen LogP contribution in [0.3, 0.4) is 0 Å². The summed E-state index contributed by atoms with van der Waals surface area (Å²) >= 11 is 1.51. The third-order valence-corrected chi connectivity index (χ3v) is 6.76. The molecule has 2 fully saturated rings. The molecule has 0 aliphatic carbocycles. The molecule has 3 rings (SSSR count). The Hall–Kier alpha value is -2.04. The van der Waals surface area contributed by atoms with Crippen molar-refractivity contribution in [3.8, 4) is 0 Å². The van der Waals surface area contributed by atoms with Gasteiger partial charge in [0, 0.05) is 38.7 Å². The summed E-state index contributed by atoms with van der Waals surface area (Å²) in [6, 6.07) is 1.88. The molecule has 2 amide bonds. The molecule has 172 valence electrons. The van der Waals surface area contributed by atoms with Crippen LogP contribution in [0.4, 0.5) is 26.3 Å². The maximum atomic E-state index is 12.7. The molecule has 2 aliphatic heterocycles. The maximum absolute atomic E-state index is 12.7. The van der Waals surface area contributed by atoms with E-state index < -0.39 is 30.6 Å². The summed E-state index contributed by atoms with van der Waals surface area (Å²) in [5.74, 6) is -4.93. The maximum Gasteiger partial charge on any atom is 0.400 e. The van der Waals surface area contributed by atoms with Gasteiger partial charge in [0.1, 0.15) is 0 Å². The molecule has 3 heterocycles. The highest BCUT2D eigenvalue weighted by molar-refractivity contribution is 7.08. The number of carbonyl (C=O) groups is 2. The number of rotatable bonds is 4. The third-order valence-electron chi connectivity index (χ3n) is 6.06. The van der Waals surface area contributed by atoms with Crippen molar-refractivity contribution >= 4 is 29.2 Å². The molecule has 0 atom stereocenters. The molecule has 0 saturated carbocycles. The number of hydrogen-bond donors (Lipinski definition) is 0. The van der Waals surface area contributed by atoms with Crippen molar-refractivity contribution < 1.29 is 35.9 Å². The van der Waals surface area contributed by atoms with Crippen molar-refractivity contribution in [2.75, 3.05) is 26.2 Å². The van der Waals surface area contributed by atoms with Crippen molar-refractivity contribution in [1.29, 1.82) is 0 Å². The zero-order chi connectivity index (χ0) is 22.9. The Kier molecular flexibility index (Phi) is 6.73. The standard InChI is InChI=1S/C20H22F6N2O2S/c21-19(22,23)15(20(24,25)26)11-17(30)28-9-6-18(13-28)4-7-27(8-5-18)16(29)2-1-14-3-10-31-12-14/h1-3,10,12,15H,4-9,11,13H2. The van der Waals surface area contributed by atoms with Crippen LogP contribution in [0, 0.1) is 11.3 Å². The van der Waals surface area contributed by atoms with Gasteiger partial charge in [0.15, 0.2) is 5.92 Å². The van der Waals surface area contributed by atoms with Gasteiger partial charge in [-0.2, -0.15) is 37.7 Å². The first-order chi connectivity index (χ1) is 14.4. The molecule has 2 saturated heterocycles. The average molecular weight is 468 g/mol. The minimum Gasteiger partial charge on any atom is -0.342 e. The number of hydrogen-bond acceptors (Lipinski definition) is 3. The molecule has 0 bridgehead atoms. The molecule has 1 aromatic rings. The Morgan fingerprint density at radius 2 is 1.61 bits per heavy atom. The first kappa shape index (κ1) is 23.6. The molecular weight excluding hydrogens is 446 g/mol. The van der Waals surface area contributed by atoms with E-state index in [0.717, 1.165) is 10.5 Å². The van der Waals surface area contributed by atoms with Gasteiger partial charge in [-0.25, -0.2) is 0 Å². The molecule has 0 aromatic carbocycles. The van der Waals surface area contributed by atoms with Gasteiger partial charge in [-0.15, -0.1) is 0 Å². The average Bonchev–Trinajstić information content (AvgIpc) is 3.33. The molecule has 11 heteroatoms. The van der Waals surface area contributed by atoms with E-state index in [1.165, 1.54) is 17.4 Å². The molecule has 31 heavy (non-hydrogen) atoms. The van der Waals surface area contributed by atoms with Crippen LogP contribution in [0.2, 0.25) is 0 Å². The predicted octanol–water partition coefficient (Wildman–Crippen LogP) is 4.73. The largest absolute Gasteiger partial charge is 0.400 e. The van der Waals surface area contributed by atoms with E-state index in [1.54, 1.807) is 11.0 Å². The number of thiophene rings is 1. The van der Waals surface area contributed by atoms with Crippen molar-refractivity contribution in [3.05, 3.63) is 28.5 Å². The van der Waals surface area contributed by atoms with Gasteiger partial charge in [-0.3, -0.25) is 9.59 Å². The molecule has 4 nitrogen and oxygen atoms in total. The van der Waals surface area contributed by atoms with Crippen LogP contribution in [-0.2, 0) is 9.59 Å². The molecule has 1 aromatic heterocycles. The van der Waals surface area contributed by atoms with Crippen LogP contribution >= 0.6 is 11.3 Å². The second kappa shape index (κ2) is 8.84. The number of piperidine rings is 1. The quantitative estimate of drug-likeness (QED) is 0.474. The van der Waals surface area contributed by atoms with Gasteiger partial charge in [0.05, 0.1) is 0 Å². The fraction of sp³-hybridized carbons (Fsp3) is 0.600. The van der Waals surface area contributed by atoms with Gasteiger partial charge >= 0.3 is 12.4 Å². The van der Waals surface area contributed by atoms with Crippen LogP contribution in [0.15, 0.2) is 22.9 Å². The molecule has 1 spiro atoms. The molecule has 2 aliphatic rings. The lowest BCUT2D eigenvalue weighted by molar-refractivity contribution is -0.284. The minimum absolute atomic E-state index is 0.126. The first-order valence-electron chi connectivity index (χ1n) is 9.80. The zero-order valence-electron chi connectivity index (χ0n) is 16.5. The molecule has 0 N–H and O–H groups in total. The van der Waals surface area contributed by atoms with Crippen molar-refractivity contribution in [3.63, 3.8) is 0 Å². The Morgan fingerprint density at radius 1 is 1.03 bits per heavy atom. The summed E-state index contributed by atoms with van der Waals surface area (Å²) in [7, 11) is 0. The summed E-state index contributed by atoms with van der Waals surface area (Å²) in [6.45, 7) is 1.12. The summed E-state index contributed by atoms with van der Waals surface area (Å²) < 4.78 is 76.5. The Morgan fingerprint density at radius 3 is 2.13 bits per heavy atom. The van der Waals surface area contributed by atoms with Gasteiger partial charge < -0.3 is 9.80 Å². The fourth-order valence-electron chi connectivity index (χ4n) is 4.12. The second-order valence-electron chi connectivity index (χ2n) is 8.12. The van der Waals surface area contributed by atoms with E-state index >= 15 is 0 Å². The second-order valence-corrected chi connectivity index (χ2v) is 8.90. The summed E-state index contributed by atoms with van der Waals surface area (Å²) in [4.78, 5) is 27.3. The highest BCUT2D eigenvalue weighted by atomic mass is 32.1. The van der Waals surface area contributed by atoms with E-state index in [2.05, 4.69) is 0 Å². The first-order valence-corrected chi connectivity index (χ1v) is 10.7. The Balaban J connectivity index is 1.53. The number of alkyl halides is 6. The highest BCUT2D eigenvalue weighted by Crippen LogP contribution is 2.44. The Labute approximate surface area is 179 Å². The fourth-order valence-corrected chi connectivity index (χ4v) is 4.75. The number of nitrogens with zero attached hydrogens (tertiary/aromatic N) is 2. The van der Waals surface area contributed by atoms with Gasteiger partial charge in [-0.05, 0) is 53.1 Å². The molecular formula is C20H22F6N2O2S. The van der Waals surface area contributed by atoms with E-state index in [4.69, 9.17) is 0 Å². The normalized spacial score (nSPS) is 19.7. The van der Waals surface area contributed by atoms with E-state index in [-0.39, 0.29) is 24.4 Å². The smallest absolute Gasteiger partial charge is 0.342 e. The SMILES string of the molecule is O=C(C=Cc1ccsc1)N1CCC2(CC1)CCN(C(=O)CC(C(F)(F)F)C(F)(F)F)C2. The topological polar surface area (TPSA) is 40.6 Å². The summed E-state index contributed by atoms with van der Waals surface area (Å²) in [6.07, 6.45) is -7.85. The predicted molar refractivity (Wildman–Crippen MR) is 103 cm³/mol. The van der Waals surface area contributed by atoms with Crippen LogP contribution in [0.25, 0.3) is 6.08 Å². The van der Waals surface area contributed by atoms with Crippen LogP contribution in [0.1, 0.15) is 31.2 Å². The Bertz CT molecular complexity index is 797. The lowest BCUT2D eigenvalue weighted by Gasteiger charge is -2.39. The number of amides is 2. The highest BCUT2D eigenvalue weighted by Gasteiger charge is 2.58. The minimum atomic E-state index is -5.52. The van der Waals surface area contributed by atoms with Crippen LogP contribution in [-0.4, -0.2) is 60.1 Å². The molecule has 0 radical (unpaired) electrons. The number of carbonyl (C=O) groups excluding carboxylic acids is 2. The van der Waals surface area contributed by atoms with Crippen molar-refractivity contribution in [1.82, 2.24) is 9.80 Å². The van der Waals surface area contributed by atoms with Gasteiger partial charge in [0.2, 0.25) is 11.8 Å². The zero-order valence-corrected chi connectivity index (χ0v) is 17.3. The van der Waals surface area contributed by atoms with Gasteiger partial charge in [0.25, 0.3) is 0 Å². The number of likely N-dealkylation sites (tertiary alicyclic amines) is 2. The number of halogens is 6. The van der Waals surface area contributed by atoms with Gasteiger partial charge in [-0.1, -0.05) is 0 Å². The lowest BCUT2D eigenvalue weighted by Crippen LogP contribution is -2.45. The third kappa shape index (κ3) is 5.81. The van der Waals surface area contributed by atoms with Crippen LogP contribution < -0.4 is 0 Å².